The Hall–Kier alpha value is -1.22. The van der Waals surface area contributed by atoms with Crippen molar-refractivity contribution in [2.45, 2.75) is 17.7 Å². The van der Waals surface area contributed by atoms with E-state index in [-0.39, 0.29) is 16.5 Å². The zero-order valence-corrected chi connectivity index (χ0v) is 11.9. The average molecular weight is 299 g/mol. The van der Waals surface area contributed by atoms with Crippen molar-refractivity contribution in [1.82, 2.24) is 4.31 Å². The van der Waals surface area contributed by atoms with Gasteiger partial charge in [0.2, 0.25) is 10.0 Å². The monoisotopic (exact) mass is 298 g/mol. The summed E-state index contributed by atoms with van der Waals surface area (Å²) in [5.41, 5.74) is 5.99. The number of rotatable bonds is 5. The van der Waals surface area contributed by atoms with E-state index in [1.165, 1.54) is 16.4 Å². The van der Waals surface area contributed by atoms with E-state index in [0.717, 1.165) is 12.8 Å². The highest BCUT2D eigenvalue weighted by molar-refractivity contribution is 7.89. The molecule has 0 aliphatic heterocycles. The Morgan fingerprint density at radius 2 is 2.16 bits per heavy atom. The lowest BCUT2D eigenvalue weighted by atomic mass is 10.3. The van der Waals surface area contributed by atoms with Crippen LogP contribution in [0.5, 0.6) is 0 Å². The number of benzene rings is 1. The number of terminal acetylenes is 1. The van der Waals surface area contributed by atoms with Gasteiger partial charge in [0.25, 0.3) is 0 Å². The van der Waals surface area contributed by atoms with Crippen molar-refractivity contribution in [2.24, 2.45) is 5.92 Å². The molecule has 19 heavy (non-hydrogen) atoms. The molecular weight excluding hydrogens is 284 g/mol. The van der Waals surface area contributed by atoms with Crippen LogP contribution in [0.4, 0.5) is 5.69 Å². The van der Waals surface area contributed by atoms with Gasteiger partial charge in [0.15, 0.2) is 0 Å². The molecular formula is C13H15ClN2O2S. The van der Waals surface area contributed by atoms with E-state index in [1.807, 2.05) is 0 Å². The highest BCUT2D eigenvalue weighted by Crippen LogP contribution is 2.33. The van der Waals surface area contributed by atoms with Gasteiger partial charge in [0, 0.05) is 12.2 Å². The van der Waals surface area contributed by atoms with E-state index in [0.29, 0.717) is 18.2 Å². The van der Waals surface area contributed by atoms with Crippen LogP contribution in [0.25, 0.3) is 0 Å². The van der Waals surface area contributed by atoms with Crippen LogP contribution in [0.15, 0.2) is 23.1 Å². The minimum Gasteiger partial charge on any atom is -0.399 e. The zero-order valence-electron chi connectivity index (χ0n) is 10.3. The van der Waals surface area contributed by atoms with Crippen molar-refractivity contribution in [3.05, 3.63) is 23.2 Å². The van der Waals surface area contributed by atoms with Gasteiger partial charge in [-0.2, -0.15) is 4.31 Å². The van der Waals surface area contributed by atoms with Crippen molar-refractivity contribution >= 4 is 27.3 Å². The number of hydrogen-bond acceptors (Lipinski definition) is 3. The fourth-order valence-electron chi connectivity index (χ4n) is 1.79. The van der Waals surface area contributed by atoms with Gasteiger partial charge in [-0.1, -0.05) is 17.5 Å². The number of anilines is 1. The third-order valence-corrected chi connectivity index (χ3v) is 5.29. The molecule has 1 fully saturated rings. The molecule has 0 heterocycles. The highest BCUT2D eigenvalue weighted by Gasteiger charge is 2.32. The van der Waals surface area contributed by atoms with Gasteiger partial charge < -0.3 is 5.73 Å². The fraction of sp³-hybridized carbons (Fsp3) is 0.385. The van der Waals surface area contributed by atoms with Gasteiger partial charge in [-0.15, -0.1) is 6.42 Å². The molecule has 6 heteroatoms. The van der Waals surface area contributed by atoms with Crippen molar-refractivity contribution in [3.63, 3.8) is 0 Å². The predicted octanol–water partition coefficient (Wildman–Crippen LogP) is 1.96. The van der Waals surface area contributed by atoms with Gasteiger partial charge in [-0.05, 0) is 37.0 Å². The first-order valence-electron chi connectivity index (χ1n) is 5.94. The van der Waals surface area contributed by atoms with Crippen LogP contribution in [-0.2, 0) is 10.0 Å². The Balaban J connectivity index is 2.37. The SMILES string of the molecule is C#CCN(CC1CC1)S(=O)(=O)c1cc(N)ccc1Cl. The highest BCUT2D eigenvalue weighted by atomic mass is 35.5. The van der Waals surface area contributed by atoms with Crippen molar-refractivity contribution in [3.8, 4) is 12.3 Å². The van der Waals surface area contributed by atoms with E-state index in [9.17, 15) is 8.42 Å². The normalized spacial score (nSPS) is 15.4. The van der Waals surface area contributed by atoms with Crippen molar-refractivity contribution in [1.29, 1.82) is 0 Å². The number of nitrogens with zero attached hydrogens (tertiary/aromatic N) is 1. The van der Waals surface area contributed by atoms with E-state index >= 15 is 0 Å². The second-order valence-electron chi connectivity index (χ2n) is 4.63. The summed E-state index contributed by atoms with van der Waals surface area (Å²) in [6.07, 6.45) is 7.34. The summed E-state index contributed by atoms with van der Waals surface area (Å²) in [5, 5.41) is 0.159. The number of nitrogen functional groups attached to an aromatic ring is 1. The van der Waals surface area contributed by atoms with Crippen LogP contribution in [-0.4, -0.2) is 25.8 Å². The zero-order chi connectivity index (χ0) is 14.0. The quantitative estimate of drug-likeness (QED) is 0.667. The maximum Gasteiger partial charge on any atom is 0.245 e. The number of nitrogens with two attached hydrogens (primary N) is 1. The molecule has 1 aliphatic carbocycles. The average Bonchev–Trinajstić information content (AvgIpc) is 3.15. The summed E-state index contributed by atoms with van der Waals surface area (Å²) in [6, 6.07) is 4.41. The van der Waals surface area contributed by atoms with E-state index in [4.69, 9.17) is 23.8 Å². The van der Waals surface area contributed by atoms with Crippen LogP contribution in [0.3, 0.4) is 0 Å². The molecule has 2 rings (SSSR count). The molecule has 102 valence electrons. The Kier molecular flexibility index (Phi) is 4.04. The molecule has 1 saturated carbocycles. The third kappa shape index (κ3) is 3.21. The molecule has 4 nitrogen and oxygen atoms in total. The lowest BCUT2D eigenvalue weighted by Crippen LogP contribution is -2.33. The standard InChI is InChI=1S/C13H15ClN2O2S/c1-2-7-16(9-10-3-4-10)19(17,18)13-8-11(15)5-6-12(13)14/h1,5-6,8,10H,3-4,7,9,15H2. The summed E-state index contributed by atoms with van der Waals surface area (Å²) < 4.78 is 26.4. The third-order valence-electron chi connectivity index (χ3n) is 3.00. The van der Waals surface area contributed by atoms with Gasteiger partial charge in [0.05, 0.1) is 11.6 Å². The maximum absolute atomic E-state index is 12.5. The van der Waals surface area contributed by atoms with Crippen LogP contribution in [0, 0.1) is 18.3 Å². The van der Waals surface area contributed by atoms with E-state index < -0.39 is 10.0 Å². The molecule has 0 amide bonds. The Morgan fingerprint density at radius 3 is 2.74 bits per heavy atom. The minimum atomic E-state index is -3.69. The molecule has 0 saturated heterocycles. The smallest absolute Gasteiger partial charge is 0.245 e. The molecule has 1 aliphatic rings. The molecule has 1 aromatic rings. The van der Waals surface area contributed by atoms with Crippen LogP contribution < -0.4 is 5.73 Å². The van der Waals surface area contributed by atoms with Crippen molar-refractivity contribution < 1.29 is 8.42 Å². The number of halogens is 1. The Morgan fingerprint density at radius 1 is 1.47 bits per heavy atom. The lowest BCUT2D eigenvalue weighted by Gasteiger charge is -2.20. The van der Waals surface area contributed by atoms with E-state index in [1.54, 1.807) is 6.07 Å². The minimum absolute atomic E-state index is 0.0186. The largest absolute Gasteiger partial charge is 0.399 e. The molecule has 0 spiro atoms. The summed E-state index contributed by atoms with van der Waals surface area (Å²) in [4.78, 5) is 0.0186. The summed E-state index contributed by atoms with van der Waals surface area (Å²) in [5.74, 6) is 2.79. The molecule has 0 radical (unpaired) electrons. The Labute approximate surface area is 118 Å². The molecule has 0 unspecified atom stereocenters. The molecule has 2 N–H and O–H groups in total. The first-order chi connectivity index (χ1) is 8.95. The molecule has 0 atom stereocenters. The Bertz CT molecular complexity index is 618. The van der Waals surface area contributed by atoms with Gasteiger partial charge >= 0.3 is 0 Å². The van der Waals surface area contributed by atoms with Crippen molar-refractivity contribution in [2.75, 3.05) is 18.8 Å². The second kappa shape index (κ2) is 5.41. The van der Waals surface area contributed by atoms with Crippen LogP contribution >= 0.6 is 11.6 Å². The van der Waals surface area contributed by atoms with Gasteiger partial charge in [-0.3, -0.25) is 0 Å². The summed E-state index contributed by atoms with van der Waals surface area (Å²) >= 11 is 5.96. The summed E-state index contributed by atoms with van der Waals surface area (Å²) in [6.45, 7) is 0.488. The van der Waals surface area contributed by atoms with Crippen LogP contribution in [0.2, 0.25) is 5.02 Å². The van der Waals surface area contributed by atoms with E-state index in [2.05, 4.69) is 5.92 Å². The number of hydrogen-bond donors (Lipinski definition) is 1. The lowest BCUT2D eigenvalue weighted by molar-refractivity contribution is 0.430. The molecule has 0 bridgehead atoms. The number of sulfonamides is 1. The molecule has 0 aromatic heterocycles. The fourth-order valence-corrected chi connectivity index (χ4v) is 3.73. The topological polar surface area (TPSA) is 63.4 Å². The maximum atomic E-state index is 12.5. The first-order valence-corrected chi connectivity index (χ1v) is 7.75. The second-order valence-corrected chi connectivity index (χ2v) is 6.95. The van der Waals surface area contributed by atoms with Gasteiger partial charge in [0.1, 0.15) is 4.90 Å². The van der Waals surface area contributed by atoms with Crippen LogP contribution in [0.1, 0.15) is 12.8 Å². The predicted molar refractivity (Wildman–Crippen MR) is 76.2 cm³/mol. The first kappa shape index (κ1) is 14.2. The molecule has 1 aromatic carbocycles. The summed E-state index contributed by atoms with van der Waals surface area (Å²) in [7, 11) is -3.69. The van der Waals surface area contributed by atoms with Gasteiger partial charge in [-0.25, -0.2) is 8.42 Å².